The first-order valence-electron chi connectivity index (χ1n) is 9.24. The number of thiazole rings is 1. The Morgan fingerprint density at radius 3 is 2.85 bits per heavy atom. The summed E-state index contributed by atoms with van der Waals surface area (Å²) in [6.07, 6.45) is 3.56. The molecule has 3 nitrogen and oxygen atoms in total. The van der Waals surface area contributed by atoms with Crippen molar-refractivity contribution < 1.29 is 4.79 Å². The van der Waals surface area contributed by atoms with Crippen molar-refractivity contribution in [2.45, 2.75) is 36.6 Å². The normalized spacial score (nSPS) is 16.9. The summed E-state index contributed by atoms with van der Waals surface area (Å²) in [6, 6.07) is 16.2. The van der Waals surface area contributed by atoms with Crippen molar-refractivity contribution in [2.75, 3.05) is 12.3 Å². The number of thioether (sulfide) groups is 1. The number of nitrogens with zero attached hydrogens (tertiary/aromatic N) is 2. The van der Waals surface area contributed by atoms with Crippen molar-refractivity contribution in [2.24, 2.45) is 0 Å². The summed E-state index contributed by atoms with van der Waals surface area (Å²) < 4.78 is 1.20. The van der Waals surface area contributed by atoms with Gasteiger partial charge >= 0.3 is 0 Å². The third-order valence-electron chi connectivity index (χ3n) is 4.79. The summed E-state index contributed by atoms with van der Waals surface area (Å²) in [5, 5.41) is 1.84. The number of amides is 1. The molecule has 0 bridgehead atoms. The standard InChI is InChI=1S/C21H21ClN2OS2/c22-15-9-11-16(12-10-15)26-14-4-8-20(25)24-13-3-6-18(24)21-23-17-5-1-2-7-19(17)27-21/h1-2,5,7,9-12,18H,3-4,6,8,13-14H2. The van der Waals surface area contributed by atoms with Gasteiger partial charge in [-0.15, -0.1) is 23.1 Å². The molecule has 0 spiro atoms. The van der Waals surface area contributed by atoms with Crippen molar-refractivity contribution in [3.8, 4) is 0 Å². The van der Waals surface area contributed by atoms with Gasteiger partial charge in [-0.25, -0.2) is 4.98 Å². The molecular weight excluding hydrogens is 396 g/mol. The maximum absolute atomic E-state index is 12.8. The van der Waals surface area contributed by atoms with Gasteiger partial charge < -0.3 is 4.90 Å². The Morgan fingerprint density at radius 2 is 2.04 bits per heavy atom. The average Bonchev–Trinajstić information content (AvgIpc) is 3.33. The van der Waals surface area contributed by atoms with Crippen LogP contribution in [-0.4, -0.2) is 28.1 Å². The Morgan fingerprint density at radius 1 is 1.22 bits per heavy atom. The van der Waals surface area contributed by atoms with Crippen LogP contribution in [0.3, 0.4) is 0 Å². The highest BCUT2D eigenvalue weighted by molar-refractivity contribution is 7.99. The molecule has 1 aliphatic rings. The molecule has 0 radical (unpaired) electrons. The van der Waals surface area contributed by atoms with Gasteiger partial charge in [-0.3, -0.25) is 4.79 Å². The van der Waals surface area contributed by atoms with E-state index in [0.29, 0.717) is 6.42 Å². The molecule has 0 saturated carbocycles. The molecule has 2 aromatic carbocycles. The number of likely N-dealkylation sites (tertiary alicyclic amines) is 1. The van der Waals surface area contributed by atoms with Crippen molar-refractivity contribution >= 4 is 50.8 Å². The molecule has 0 N–H and O–H groups in total. The quantitative estimate of drug-likeness (QED) is 0.355. The lowest BCUT2D eigenvalue weighted by Crippen LogP contribution is -2.30. The molecule has 6 heteroatoms. The van der Waals surface area contributed by atoms with E-state index in [1.54, 1.807) is 23.1 Å². The van der Waals surface area contributed by atoms with Gasteiger partial charge in [0.05, 0.1) is 16.3 Å². The van der Waals surface area contributed by atoms with E-state index in [-0.39, 0.29) is 11.9 Å². The van der Waals surface area contributed by atoms with Gasteiger partial charge in [-0.1, -0.05) is 23.7 Å². The van der Waals surface area contributed by atoms with Crippen LogP contribution in [0.5, 0.6) is 0 Å². The zero-order chi connectivity index (χ0) is 18.6. The zero-order valence-corrected chi connectivity index (χ0v) is 17.3. The van der Waals surface area contributed by atoms with Crippen LogP contribution >= 0.6 is 34.7 Å². The maximum atomic E-state index is 12.8. The van der Waals surface area contributed by atoms with Gasteiger partial charge in [0.25, 0.3) is 0 Å². The highest BCUT2D eigenvalue weighted by Crippen LogP contribution is 2.37. The van der Waals surface area contributed by atoms with Crippen LogP contribution in [0.25, 0.3) is 10.2 Å². The number of fused-ring (bicyclic) bond motifs is 1. The van der Waals surface area contributed by atoms with Crippen LogP contribution in [0.2, 0.25) is 5.02 Å². The number of benzene rings is 2. The SMILES string of the molecule is O=C(CCCSc1ccc(Cl)cc1)N1CCCC1c1nc2ccccc2s1. The van der Waals surface area contributed by atoms with E-state index >= 15 is 0 Å². The second-order valence-corrected chi connectivity index (χ2v) is 9.34. The minimum atomic E-state index is 0.152. The molecule has 27 heavy (non-hydrogen) atoms. The Kier molecular flexibility index (Phi) is 6.01. The number of hydrogen-bond acceptors (Lipinski definition) is 4. The van der Waals surface area contributed by atoms with Crippen LogP contribution in [0.15, 0.2) is 53.4 Å². The van der Waals surface area contributed by atoms with E-state index in [2.05, 4.69) is 6.07 Å². The molecule has 1 fully saturated rings. The molecule has 1 aliphatic heterocycles. The van der Waals surface area contributed by atoms with Crippen LogP contribution in [-0.2, 0) is 4.79 Å². The molecule has 3 aromatic rings. The monoisotopic (exact) mass is 416 g/mol. The summed E-state index contributed by atoms with van der Waals surface area (Å²) in [4.78, 5) is 20.8. The van der Waals surface area contributed by atoms with E-state index in [4.69, 9.17) is 16.6 Å². The molecule has 1 atom stereocenters. The molecule has 1 unspecified atom stereocenters. The Bertz CT molecular complexity index is 892. The first-order valence-corrected chi connectivity index (χ1v) is 11.4. The van der Waals surface area contributed by atoms with Crippen molar-refractivity contribution in [3.05, 3.63) is 58.6 Å². The number of carbonyl (C=O) groups excluding carboxylic acids is 1. The van der Waals surface area contributed by atoms with Gasteiger partial charge in [-0.05, 0) is 61.4 Å². The average molecular weight is 417 g/mol. The predicted molar refractivity (Wildman–Crippen MR) is 115 cm³/mol. The summed E-state index contributed by atoms with van der Waals surface area (Å²) in [7, 11) is 0. The van der Waals surface area contributed by atoms with Gasteiger partial charge in [0.15, 0.2) is 0 Å². The van der Waals surface area contributed by atoms with Gasteiger partial charge in [-0.2, -0.15) is 0 Å². The number of para-hydroxylation sites is 1. The largest absolute Gasteiger partial charge is 0.333 e. The van der Waals surface area contributed by atoms with E-state index in [0.717, 1.165) is 47.1 Å². The topological polar surface area (TPSA) is 33.2 Å². The Hall–Kier alpha value is -1.56. The third kappa shape index (κ3) is 4.48. The van der Waals surface area contributed by atoms with E-state index in [9.17, 15) is 4.79 Å². The Balaban J connectivity index is 1.32. The van der Waals surface area contributed by atoms with Crippen LogP contribution in [0, 0.1) is 0 Å². The van der Waals surface area contributed by atoms with Gasteiger partial charge in [0, 0.05) is 22.9 Å². The second-order valence-electron chi connectivity index (χ2n) is 6.67. The molecular formula is C21H21ClN2OS2. The third-order valence-corrected chi connectivity index (χ3v) is 7.27. The number of carbonyl (C=O) groups is 1. The fourth-order valence-electron chi connectivity index (χ4n) is 3.44. The fourth-order valence-corrected chi connectivity index (χ4v) is 5.54. The second kappa shape index (κ2) is 8.63. The van der Waals surface area contributed by atoms with E-state index < -0.39 is 0 Å². The van der Waals surface area contributed by atoms with Crippen LogP contribution < -0.4 is 0 Å². The molecule has 140 valence electrons. The van der Waals surface area contributed by atoms with E-state index in [1.165, 1.54) is 9.60 Å². The van der Waals surface area contributed by atoms with Gasteiger partial charge in [0.2, 0.25) is 5.91 Å². The summed E-state index contributed by atoms with van der Waals surface area (Å²) in [5.41, 5.74) is 1.04. The predicted octanol–water partition coefficient (Wildman–Crippen LogP) is 6.19. The summed E-state index contributed by atoms with van der Waals surface area (Å²) in [6.45, 7) is 0.851. The minimum absolute atomic E-state index is 0.152. The lowest BCUT2D eigenvalue weighted by molar-refractivity contribution is -0.132. The summed E-state index contributed by atoms with van der Waals surface area (Å²) in [5.74, 6) is 1.20. The number of aromatic nitrogens is 1. The molecule has 0 aliphatic carbocycles. The Labute approximate surface area is 172 Å². The number of rotatable bonds is 6. The fraction of sp³-hybridized carbons (Fsp3) is 0.333. The van der Waals surface area contributed by atoms with Gasteiger partial charge in [0.1, 0.15) is 5.01 Å². The number of halogens is 1. The lowest BCUT2D eigenvalue weighted by atomic mass is 10.2. The zero-order valence-electron chi connectivity index (χ0n) is 14.9. The van der Waals surface area contributed by atoms with Crippen LogP contribution in [0.4, 0.5) is 0 Å². The number of hydrogen-bond donors (Lipinski definition) is 0. The van der Waals surface area contributed by atoms with Crippen LogP contribution in [0.1, 0.15) is 36.7 Å². The summed E-state index contributed by atoms with van der Waals surface area (Å²) >= 11 is 9.41. The first-order chi connectivity index (χ1) is 13.2. The lowest BCUT2D eigenvalue weighted by Gasteiger charge is -2.23. The molecule has 1 amide bonds. The molecule has 4 rings (SSSR count). The minimum Gasteiger partial charge on any atom is -0.333 e. The maximum Gasteiger partial charge on any atom is 0.223 e. The molecule has 1 saturated heterocycles. The highest BCUT2D eigenvalue weighted by Gasteiger charge is 2.31. The van der Waals surface area contributed by atoms with Crippen molar-refractivity contribution in [1.29, 1.82) is 0 Å². The highest BCUT2D eigenvalue weighted by atomic mass is 35.5. The molecule has 2 heterocycles. The smallest absolute Gasteiger partial charge is 0.223 e. The van der Waals surface area contributed by atoms with E-state index in [1.807, 2.05) is 47.4 Å². The molecule has 1 aromatic heterocycles. The van der Waals surface area contributed by atoms with Crippen molar-refractivity contribution in [1.82, 2.24) is 9.88 Å². The van der Waals surface area contributed by atoms with Crippen molar-refractivity contribution in [3.63, 3.8) is 0 Å². The first kappa shape index (κ1) is 18.8.